The van der Waals surface area contributed by atoms with Crippen LogP contribution >= 0.6 is 0 Å². The van der Waals surface area contributed by atoms with Crippen molar-refractivity contribution in [3.63, 3.8) is 0 Å². The summed E-state index contributed by atoms with van der Waals surface area (Å²) in [7, 11) is 1.84. The molecule has 0 fully saturated rings. The first-order chi connectivity index (χ1) is 10.2. The molecule has 1 atom stereocenters. The molecule has 21 heavy (non-hydrogen) atoms. The van der Waals surface area contributed by atoms with Crippen molar-refractivity contribution in [2.45, 2.75) is 13.0 Å². The molecule has 3 rings (SSSR count). The maximum atomic E-state index is 14.0. The SMILES string of the molecule is CNC(c1ccc2nc(C)ccc2c1)c1ccccc1F. The smallest absolute Gasteiger partial charge is 0.128 e. The molecule has 0 saturated carbocycles. The Kier molecular flexibility index (Phi) is 3.67. The Morgan fingerprint density at radius 3 is 2.62 bits per heavy atom. The van der Waals surface area contributed by atoms with E-state index < -0.39 is 0 Å². The first-order valence-electron chi connectivity index (χ1n) is 6.98. The van der Waals surface area contributed by atoms with Crippen LogP contribution in [-0.2, 0) is 0 Å². The predicted molar refractivity (Wildman–Crippen MR) is 83.8 cm³/mol. The summed E-state index contributed by atoms with van der Waals surface area (Å²) in [6, 6.07) is 16.8. The van der Waals surface area contributed by atoms with Gasteiger partial charge in [-0.15, -0.1) is 0 Å². The summed E-state index contributed by atoms with van der Waals surface area (Å²) in [5, 5.41) is 4.26. The van der Waals surface area contributed by atoms with Gasteiger partial charge in [0.2, 0.25) is 0 Å². The Bertz CT molecular complexity index is 783. The third kappa shape index (κ3) is 2.65. The molecule has 0 aliphatic heterocycles. The summed E-state index contributed by atoms with van der Waals surface area (Å²) in [5.74, 6) is -0.195. The summed E-state index contributed by atoms with van der Waals surface area (Å²) in [4.78, 5) is 4.50. The van der Waals surface area contributed by atoms with Gasteiger partial charge in [-0.3, -0.25) is 4.98 Å². The molecule has 3 heteroatoms. The van der Waals surface area contributed by atoms with Crippen molar-refractivity contribution in [2.75, 3.05) is 7.05 Å². The molecule has 0 radical (unpaired) electrons. The second-order valence-electron chi connectivity index (χ2n) is 5.15. The lowest BCUT2D eigenvalue weighted by Crippen LogP contribution is -2.18. The molecule has 0 bridgehead atoms. The van der Waals surface area contributed by atoms with Crippen LogP contribution < -0.4 is 5.32 Å². The second-order valence-corrected chi connectivity index (χ2v) is 5.15. The molecular formula is C18H17FN2. The van der Waals surface area contributed by atoms with Gasteiger partial charge in [0.25, 0.3) is 0 Å². The van der Waals surface area contributed by atoms with E-state index in [9.17, 15) is 4.39 Å². The normalized spacial score (nSPS) is 12.5. The average molecular weight is 280 g/mol. The number of pyridine rings is 1. The van der Waals surface area contributed by atoms with Gasteiger partial charge in [0.1, 0.15) is 5.82 Å². The molecule has 0 saturated heterocycles. The fraction of sp³-hybridized carbons (Fsp3) is 0.167. The molecule has 1 aromatic heterocycles. The molecule has 2 nitrogen and oxygen atoms in total. The number of halogens is 1. The van der Waals surface area contributed by atoms with Gasteiger partial charge in [-0.25, -0.2) is 4.39 Å². The molecule has 0 amide bonds. The Labute approximate surface area is 123 Å². The number of fused-ring (bicyclic) bond motifs is 1. The van der Waals surface area contributed by atoms with Gasteiger partial charge in [0, 0.05) is 16.6 Å². The largest absolute Gasteiger partial charge is 0.309 e. The number of nitrogens with one attached hydrogen (secondary N) is 1. The molecule has 3 aromatic rings. The number of hydrogen-bond donors (Lipinski definition) is 1. The van der Waals surface area contributed by atoms with Gasteiger partial charge in [0.05, 0.1) is 11.6 Å². The fourth-order valence-corrected chi connectivity index (χ4v) is 2.64. The van der Waals surface area contributed by atoms with Gasteiger partial charge in [0.15, 0.2) is 0 Å². The summed E-state index contributed by atoms with van der Waals surface area (Å²) < 4.78 is 14.0. The van der Waals surface area contributed by atoms with Crippen molar-refractivity contribution in [1.82, 2.24) is 10.3 Å². The summed E-state index contributed by atoms with van der Waals surface area (Å²) in [6.07, 6.45) is 0. The lowest BCUT2D eigenvalue weighted by molar-refractivity contribution is 0.576. The van der Waals surface area contributed by atoms with Crippen LogP contribution in [0.4, 0.5) is 4.39 Å². The molecule has 1 heterocycles. The Balaban J connectivity index is 2.09. The summed E-state index contributed by atoms with van der Waals surface area (Å²) in [5.41, 5.74) is 3.64. The van der Waals surface area contributed by atoms with E-state index in [1.54, 1.807) is 6.07 Å². The van der Waals surface area contributed by atoms with E-state index in [0.717, 1.165) is 22.2 Å². The van der Waals surface area contributed by atoms with E-state index in [2.05, 4.69) is 22.4 Å². The molecule has 106 valence electrons. The molecular weight excluding hydrogens is 263 g/mol. The maximum absolute atomic E-state index is 14.0. The number of aromatic nitrogens is 1. The van der Waals surface area contributed by atoms with Crippen LogP contribution in [0, 0.1) is 12.7 Å². The number of nitrogens with zero attached hydrogens (tertiary/aromatic N) is 1. The Morgan fingerprint density at radius 1 is 1.05 bits per heavy atom. The lowest BCUT2D eigenvalue weighted by atomic mass is 9.97. The minimum absolute atomic E-state index is 0.170. The molecule has 0 aliphatic rings. The highest BCUT2D eigenvalue weighted by atomic mass is 19.1. The van der Waals surface area contributed by atoms with Crippen molar-refractivity contribution in [2.24, 2.45) is 0 Å². The first kappa shape index (κ1) is 13.7. The highest BCUT2D eigenvalue weighted by Gasteiger charge is 2.16. The van der Waals surface area contributed by atoms with Crippen LogP contribution in [0.25, 0.3) is 10.9 Å². The third-order valence-corrected chi connectivity index (χ3v) is 3.69. The maximum Gasteiger partial charge on any atom is 0.128 e. The minimum atomic E-state index is -0.195. The number of benzene rings is 2. The zero-order valence-electron chi connectivity index (χ0n) is 12.1. The van der Waals surface area contributed by atoms with Crippen molar-refractivity contribution >= 4 is 10.9 Å². The van der Waals surface area contributed by atoms with E-state index in [1.807, 2.05) is 44.3 Å². The molecule has 0 aliphatic carbocycles. The van der Waals surface area contributed by atoms with E-state index in [0.29, 0.717) is 5.56 Å². The van der Waals surface area contributed by atoms with Crippen LogP contribution in [0.5, 0.6) is 0 Å². The quantitative estimate of drug-likeness (QED) is 0.784. The van der Waals surface area contributed by atoms with E-state index in [4.69, 9.17) is 0 Å². The van der Waals surface area contributed by atoms with E-state index >= 15 is 0 Å². The summed E-state index contributed by atoms with van der Waals surface area (Å²) >= 11 is 0. The second kappa shape index (κ2) is 5.62. The molecule has 1 unspecified atom stereocenters. The summed E-state index contributed by atoms with van der Waals surface area (Å²) in [6.45, 7) is 1.98. The Morgan fingerprint density at radius 2 is 1.86 bits per heavy atom. The molecule has 1 N–H and O–H groups in total. The van der Waals surface area contributed by atoms with Crippen molar-refractivity contribution in [1.29, 1.82) is 0 Å². The van der Waals surface area contributed by atoms with Crippen LogP contribution in [0.3, 0.4) is 0 Å². The van der Waals surface area contributed by atoms with Crippen molar-refractivity contribution in [3.05, 3.63) is 77.2 Å². The topological polar surface area (TPSA) is 24.9 Å². The fourth-order valence-electron chi connectivity index (χ4n) is 2.64. The predicted octanol–water partition coefficient (Wildman–Crippen LogP) is 3.99. The van der Waals surface area contributed by atoms with Gasteiger partial charge in [-0.2, -0.15) is 0 Å². The van der Waals surface area contributed by atoms with Crippen LogP contribution in [0.1, 0.15) is 22.9 Å². The van der Waals surface area contributed by atoms with Crippen LogP contribution in [0.15, 0.2) is 54.6 Å². The monoisotopic (exact) mass is 280 g/mol. The van der Waals surface area contributed by atoms with E-state index in [1.165, 1.54) is 6.07 Å². The number of rotatable bonds is 3. The number of hydrogen-bond acceptors (Lipinski definition) is 2. The van der Waals surface area contributed by atoms with Gasteiger partial charge < -0.3 is 5.32 Å². The van der Waals surface area contributed by atoms with E-state index in [-0.39, 0.29) is 11.9 Å². The third-order valence-electron chi connectivity index (χ3n) is 3.69. The van der Waals surface area contributed by atoms with Crippen LogP contribution in [-0.4, -0.2) is 12.0 Å². The zero-order chi connectivity index (χ0) is 14.8. The number of aryl methyl sites for hydroxylation is 1. The standard InChI is InChI=1S/C18H17FN2/c1-12-7-8-13-11-14(9-10-17(13)21-12)18(20-2)15-5-3-4-6-16(15)19/h3-11,18,20H,1-2H3. The minimum Gasteiger partial charge on any atom is -0.309 e. The van der Waals surface area contributed by atoms with Gasteiger partial charge in [-0.1, -0.05) is 30.3 Å². The van der Waals surface area contributed by atoms with Crippen LogP contribution in [0.2, 0.25) is 0 Å². The zero-order valence-corrected chi connectivity index (χ0v) is 12.1. The molecule has 2 aromatic carbocycles. The highest BCUT2D eigenvalue weighted by molar-refractivity contribution is 5.79. The van der Waals surface area contributed by atoms with Gasteiger partial charge >= 0.3 is 0 Å². The van der Waals surface area contributed by atoms with Crippen molar-refractivity contribution in [3.8, 4) is 0 Å². The lowest BCUT2D eigenvalue weighted by Gasteiger charge is -2.18. The molecule has 0 spiro atoms. The first-order valence-corrected chi connectivity index (χ1v) is 6.98. The van der Waals surface area contributed by atoms with Gasteiger partial charge in [-0.05, 0) is 43.8 Å². The average Bonchev–Trinajstić information content (AvgIpc) is 2.50. The Hall–Kier alpha value is -2.26. The van der Waals surface area contributed by atoms with Crippen molar-refractivity contribution < 1.29 is 4.39 Å². The highest BCUT2D eigenvalue weighted by Crippen LogP contribution is 2.26.